The fourth-order valence-corrected chi connectivity index (χ4v) is 2.97. The maximum Gasteiger partial charge on any atom is 0.335 e. The number of amides is 1. The molecule has 0 saturated heterocycles. The number of aromatic nitrogens is 2. The smallest absolute Gasteiger partial charge is 0.335 e. The molecule has 0 unspecified atom stereocenters. The van der Waals surface area contributed by atoms with Gasteiger partial charge in [-0.3, -0.25) is 10.0 Å². The van der Waals surface area contributed by atoms with E-state index in [0.717, 1.165) is 11.1 Å². The Hall–Kier alpha value is -4.02. The Balaban J connectivity index is 1.60. The molecule has 0 saturated carbocycles. The second-order valence-corrected chi connectivity index (χ2v) is 6.90. The number of aryl methyl sites for hydroxylation is 1. The minimum atomic E-state index is -0.996. The van der Waals surface area contributed by atoms with Gasteiger partial charge < -0.3 is 15.2 Å². The number of carbonyl (C=O) groups excluding carboxylic acids is 1. The summed E-state index contributed by atoms with van der Waals surface area (Å²) in [5.74, 6) is -0.657. The topological polar surface area (TPSA) is 137 Å². The molecule has 0 fully saturated rings. The van der Waals surface area contributed by atoms with Crippen LogP contribution in [-0.2, 0) is 13.1 Å². The summed E-state index contributed by atoms with van der Waals surface area (Å²) < 4.78 is 5.17. The van der Waals surface area contributed by atoms with Crippen molar-refractivity contribution < 1.29 is 24.6 Å². The summed E-state index contributed by atoms with van der Waals surface area (Å²) in [6.45, 7) is 2.19. The van der Waals surface area contributed by atoms with Crippen molar-refractivity contribution in [1.29, 1.82) is 0 Å². The van der Waals surface area contributed by atoms with Crippen LogP contribution in [0.2, 0.25) is 0 Å². The van der Waals surface area contributed by atoms with E-state index in [2.05, 4.69) is 20.7 Å². The van der Waals surface area contributed by atoms with Gasteiger partial charge in [-0.05, 0) is 41.8 Å². The predicted octanol–water partition coefficient (Wildman–Crippen LogP) is 2.32. The zero-order chi connectivity index (χ0) is 23.1. The number of nitrogens with zero attached hydrogens (tertiary/aromatic N) is 3. The SMILES string of the molecule is COc1cccc(CNC(=O)c2cc(N(O)NCc3ccc(C(=O)O)c(C)c3)ncn2)c1. The highest BCUT2D eigenvalue weighted by atomic mass is 16.5. The second kappa shape index (κ2) is 10.3. The van der Waals surface area contributed by atoms with Crippen LogP contribution in [0.1, 0.15) is 37.5 Å². The van der Waals surface area contributed by atoms with Crippen molar-refractivity contribution >= 4 is 17.7 Å². The number of nitrogens with one attached hydrogen (secondary N) is 2. The highest BCUT2D eigenvalue weighted by Crippen LogP contribution is 2.14. The van der Waals surface area contributed by atoms with Gasteiger partial charge >= 0.3 is 5.97 Å². The number of aromatic carboxylic acids is 1. The van der Waals surface area contributed by atoms with Crippen LogP contribution in [-0.4, -0.2) is 39.3 Å². The van der Waals surface area contributed by atoms with Crippen molar-refractivity contribution in [2.75, 3.05) is 12.3 Å². The number of hydrazine groups is 1. The number of carbonyl (C=O) groups is 2. The van der Waals surface area contributed by atoms with E-state index < -0.39 is 11.9 Å². The lowest BCUT2D eigenvalue weighted by Crippen LogP contribution is -2.35. The van der Waals surface area contributed by atoms with Crippen molar-refractivity contribution in [1.82, 2.24) is 20.7 Å². The third-order valence-corrected chi connectivity index (χ3v) is 4.64. The number of methoxy groups -OCH3 is 1. The van der Waals surface area contributed by atoms with Gasteiger partial charge in [0, 0.05) is 19.2 Å². The van der Waals surface area contributed by atoms with Crippen LogP contribution in [0.25, 0.3) is 0 Å². The normalized spacial score (nSPS) is 10.5. The monoisotopic (exact) mass is 437 g/mol. The molecule has 0 aliphatic heterocycles. The molecule has 166 valence electrons. The number of hydrogen-bond acceptors (Lipinski definition) is 8. The Kier molecular flexibility index (Phi) is 7.32. The van der Waals surface area contributed by atoms with Gasteiger partial charge in [-0.2, -0.15) is 5.17 Å². The summed E-state index contributed by atoms with van der Waals surface area (Å²) in [6.07, 6.45) is 1.17. The molecule has 10 heteroatoms. The summed E-state index contributed by atoms with van der Waals surface area (Å²) in [5, 5.41) is 22.8. The molecule has 3 aromatic rings. The average Bonchev–Trinajstić information content (AvgIpc) is 2.81. The molecule has 3 rings (SSSR count). The van der Waals surface area contributed by atoms with Gasteiger partial charge in [0.05, 0.1) is 12.7 Å². The van der Waals surface area contributed by atoms with Crippen LogP contribution in [0.5, 0.6) is 5.75 Å². The largest absolute Gasteiger partial charge is 0.497 e. The molecule has 4 N–H and O–H groups in total. The van der Waals surface area contributed by atoms with Gasteiger partial charge in [0.1, 0.15) is 17.8 Å². The summed E-state index contributed by atoms with van der Waals surface area (Å²) in [6, 6.07) is 13.5. The van der Waals surface area contributed by atoms with Crippen molar-refractivity contribution in [3.8, 4) is 5.75 Å². The first-order chi connectivity index (χ1) is 15.4. The Morgan fingerprint density at radius 2 is 1.84 bits per heavy atom. The summed E-state index contributed by atoms with van der Waals surface area (Å²) in [4.78, 5) is 31.5. The third kappa shape index (κ3) is 5.78. The van der Waals surface area contributed by atoms with Gasteiger partial charge in [-0.1, -0.05) is 24.3 Å². The highest BCUT2D eigenvalue weighted by Gasteiger charge is 2.13. The molecule has 10 nitrogen and oxygen atoms in total. The van der Waals surface area contributed by atoms with Crippen LogP contribution in [0, 0.1) is 6.92 Å². The van der Waals surface area contributed by atoms with Crippen molar-refractivity contribution in [2.45, 2.75) is 20.0 Å². The second-order valence-electron chi connectivity index (χ2n) is 6.90. The number of anilines is 1. The lowest BCUT2D eigenvalue weighted by atomic mass is 10.1. The first-order valence-electron chi connectivity index (χ1n) is 9.66. The van der Waals surface area contributed by atoms with E-state index >= 15 is 0 Å². The number of carboxylic acids is 1. The molecule has 0 spiro atoms. The van der Waals surface area contributed by atoms with E-state index in [9.17, 15) is 14.8 Å². The highest BCUT2D eigenvalue weighted by molar-refractivity contribution is 5.92. The average molecular weight is 437 g/mol. The molecular weight excluding hydrogens is 414 g/mol. The molecular formula is C22H23N5O5. The van der Waals surface area contributed by atoms with Gasteiger partial charge in [0.2, 0.25) is 0 Å². The standard InChI is InChI=1S/C22H23N5O5/c1-14-8-16(6-7-18(14)22(29)30)12-26-27(31)20-10-19(24-13-25-20)21(28)23-11-15-4-3-5-17(9-15)32-2/h3-10,13,26,31H,11-12H2,1-2H3,(H,23,28)(H,29,30). The van der Waals surface area contributed by atoms with Gasteiger partial charge in [0.25, 0.3) is 5.91 Å². The number of ether oxygens (including phenoxy) is 1. The maximum atomic E-state index is 12.4. The zero-order valence-electron chi connectivity index (χ0n) is 17.6. The van der Waals surface area contributed by atoms with E-state index in [4.69, 9.17) is 9.84 Å². The minimum Gasteiger partial charge on any atom is -0.497 e. The molecule has 0 radical (unpaired) electrons. The Labute approximate surface area is 184 Å². The Morgan fingerprint density at radius 1 is 1.06 bits per heavy atom. The van der Waals surface area contributed by atoms with Gasteiger partial charge in [0.15, 0.2) is 5.82 Å². The summed E-state index contributed by atoms with van der Waals surface area (Å²) >= 11 is 0. The quantitative estimate of drug-likeness (QED) is 0.372. The van der Waals surface area contributed by atoms with Crippen LogP contribution in [0.4, 0.5) is 5.82 Å². The van der Waals surface area contributed by atoms with E-state index in [1.807, 2.05) is 24.3 Å². The van der Waals surface area contributed by atoms with Crippen molar-refractivity contribution in [2.24, 2.45) is 0 Å². The number of hydrogen-bond donors (Lipinski definition) is 4. The maximum absolute atomic E-state index is 12.4. The predicted molar refractivity (Wildman–Crippen MR) is 115 cm³/mol. The molecule has 32 heavy (non-hydrogen) atoms. The van der Waals surface area contributed by atoms with E-state index in [0.29, 0.717) is 16.5 Å². The summed E-state index contributed by atoms with van der Waals surface area (Å²) in [5.41, 5.74) is 5.27. The molecule has 0 aliphatic carbocycles. The Morgan fingerprint density at radius 3 is 2.56 bits per heavy atom. The molecule has 1 heterocycles. The molecule has 2 aromatic carbocycles. The number of benzene rings is 2. The molecule has 0 atom stereocenters. The first-order valence-corrected chi connectivity index (χ1v) is 9.66. The van der Waals surface area contributed by atoms with E-state index in [-0.39, 0.29) is 30.2 Å². The number of rotatable bonds is 9. The first kappa shape index (κ1) is 22.7. The van der Waals surface area contributed by atoms with E-state index in [1.54, 1.807) is 26.2 Å². The van der Waals surface area contributed by atoms with E-state index in [1.165, 1.54) is 18.5 Å². The van der Waals surface area contributed by atoms with Crippen LogP contribution in [0.15, 0.2) is 54.9 Å². The van der Waals surface area contributed by atoms with Crippen molar-refractivity contribution in [3.63, 3.8) is 0 Å². The fourth-order valence-electron chi connectivity index (χ4n) is 2.97. The molecule has 1 aromatic heterocycles. The lowest BCUT2D eigenvalue weighted by molar-refractivity contribution is 0.0695. The lowest BCUT2D eigenvalue weighted by Gasteiger charge is -2.17. The van der Waals surface area contributed by atoms with Crippen molar-refractivity contribution in [3.05, 3.63) is 82.8 Å². The summed E-state index contributed by atoms with van der Waals surface area (Å²) in [7, 11) is 1.57. The van der Waals surface area contributed by atoms with Gasteiger partial charge in [-0.15, -0.1) is 0 Å². The molecule has 1 amide bonds. The Bertz CT molecular complexity index is 1120. The molecule has 0 aliphatic rings. The zero-order valence-corrected chi connectivity index (χ0v) is 17.6. The minimum absolute atomic E-state index is 0.0745. The van der Waals surface area contributed by atoms with Gasteiger partial charge in [-0.25, -0.2) is 20.2 Å². The molecule has 0 bridgehead atoms. The van der Waals surface area contributed by atoms with Crippen LogP contribution in [0.3, 0.4) is 0 Å². The third-order valence-electron chi connectivity index (χ3n) is 4.64. The van der Waals surface area contributed by atoms with Crippen LogP contribution >= 0.6 is 0 Å². The van der Waals surface area contributed by atoms with Crippen LogP contribution < -0.4 is 20.7 Å². The fraction of sp³-hybridized carbons (Fsp3) is 0.182. The number of carboxylic acid groups (broad SMARTS) is 1.